The zero-order valence-corrected chi connectivity index (χ0v) is 29.6. The fraction of sp³-hybridized carbons (Fsp3) is 0.135. The van der Waals surface area contributed by atoms with Gasteiger partial charge in [0.15, 0.2) is 0 Å². The van der Waals surface area contributed by atoms with Gasteiger partial charge in [-0.1, -0.05) is 31.5 Å². The van der Waals surface area contributed by atoms with E-state index in [0.29, 0.717) is 39.0 Å². The van der Waals surface area contributed by atoms with Crippen molar-refractivity contribution in [1.29, 1.82) is 0 Å². The second-order valence-corrected chi connectivity index (χ2v) is 17.3. The topological polar surface area (TPSA) is 140 Å². The van der Waals surface area contributed by atoms with Gasteiger partial charge in [0, 0.05) is 58.1 Å². The summed E-state index contributed by atoms with van der Waals surface area (Å²) in [4.78, 5) is 38.6. The van der Waals surface area contributed by atoms with Crippen LogP contribution in [0.25, 0.3) is 22.1 Å². The lowest BCUT2D eigenvalue weighted by molar-refractivity contribution is -0.138. The van der Waals surface area contributed by atoms with Crippen LogP contribution in [0.3, 0.4) is 0 Å². The number of carbonyl (C=O) groups excluding carboxylic acids is 2. The predicted molar refractivity (Wildman–Crippen MR) is 199 cm³/mol. The lowest BCUT2D eigenvalue weighted by atomic mass is 10.2. The number of hydrogen-bond acceptors (Lipinski definition) is 4. The largest absolute Gasteiger partial charge is 0.416 e. The van der Waals surface area contributed by atoms with E-state index < -0.39 is 43.6 Å². The molecule has 0 saturated heterocycles. The molecule has 4 amide bonds. The quantitative estimate of drug-likeness (QED) is 0.0605. The predicted octanol–water partition coefficient (Wildman–Crippen LogP) is 9.66. The van der Waals surface area contributed by atoms with Crippen molar-refractivity contribution in [3.05, 3.63) is 108 Å². The first kappa shape index (κ1) is 38.5. The molecule has 0 aliphatic heterocycles. The summed E-state index contributed by atoms with van der Waals surface area (Å²) >= 11 is 0. The maximum absolute atomic E-state index is 12.6. The number of aromatic nitrogens is 4. The van der Waals surface area contributed by atoms with Crippen molar-refractivity contribution in [2.45, 2.75) is 32.0 Å². The molecule has 4 aromatic heterocycles. The molecular formula is C37H30F6N8O2Si. The highest BCUT2D eigenvalue weighted by Crippen LogP contribution is 2.31. The van der Waals surface area contributed by atoms with Crippen molar-refractivity contribution in [1.82, 2.24) is 19.9 Å². The van der Waals surface area contributed by atoms with Crippen molar-refractivity contribution < 1.29 is 35.9 Å². The van der Waals surface area contributed by atoms with E-state index >= 15 is 0 Å². The van der Waals surface area contributed by atoms with Gasteiger partial charge in [0.2, 0.25) is 0 Å². The number of urea groups is 2. The maximum Gasteiger partial charge on any atom is 0.416 e. The number of anilines is 4. The van der Waals surface area contributed by atoms with E-state index in [2.05, 4.69) is 78.2 Å². The summed E-state index contributed by atoms with van der Waals surface area (Å²) in [6.45, 7) is 6.42. The zero-order valence-electron chi connectivity index (χ0n) is 28.6. The molecule has 0 saturated carbocycles. The van der Waals surface area contributed by atoms with Gasteiger partial charge >= 0.3 is 24.4 Å². The van der Waals surface area contributed by atoms with Gasteiger partial charge in [-0.25, -0.2) is 19.6 Å². The Morgan fingerprint density at radius 2 is 1.07 bits per heavy atom. The molecule has 4 heterocycles. The third-order valence-electron chi connectivity index (χ3n) is 7.25. The van der Waals surface area contributed by atoms with E-state index in [4.69, 9.17) is 6.42 Å². The van der Waals surface area contributed by atoms with E-state index in [0.717, 1.165) is 29.8 Å². The number of nitrogens with zero attached hydrogens (tertiary/aromatic N) is 2. The first-order chi connectivity index (χ1) is 25.4. The minimum absolute atomic E-state index is 0.229. The molecule has 6 rings (SSSR count). The van der Waals surface area contributed by atoms with Crippen LogP contribution in [0.15, 0.2) is 85.5 Å². The second-order valence-electron chi connectivity index (χ2n) is 12.6. The van der Waals surface area contributed by atoms with Crippen LogP contribution in [0.2, 0.25) is 19.6 Å². The first-order valence-electron chi connectivity index (χ1n) is 15.8. The van der Waals surface area contributed by atoms with Crippen LogP contribution in [0.1, 0.15) is 22.3 Å². The van der Waals surface area contributed by atoms with Crippen molar-refractivity contribution in [2.75, 3.05) is 21.3 Å². The molecule has 0 spiro atoms. The number of amides is 4. The average molecular weight is 761 g/mol. The van der Waals surface area contributed by atoms with Gasteiger partial charge in [-0.2, -0.15) is 26.3 Å². The summed E-state index contributed by atoms with van der Waals surface area (Å²) < 4.78 is 75.4. The molecule has 0 radical (unpaired) electrons. The summed E-state index contributed by atoms with van der Waals surface area (Å²) in [5.41, 5.74) is 5.54. The minimum atomic E-state index is -4.42. The molecule has 0 aliphatic rings. The van der Waals surface area contributed by atoms with Crippen LogP contribution >= 0.6 is 0 Å². The molecule has 0 unspecified atom stereocenters. The van der Waals surface area contributed by atoms with E-state index in [1.807, 2.05) is 6.07 Å². The Balaban J connectivity index is 0.000000210. The second kappa shape index (κ2) is 15.5. The van der Waals surface area contributed by atoms with Crippen molar-refractivity contribution >= 4 is 65.0 Å². The molecule has 276 valence electrons. The van der Waals surface area contributed by atoms with Crippen LogP contribution in [0.5, 0.6) is 0 Å². The van der Waals surface area contributed by atoms with Crippen LogP contribution in [0.4, 0.5) is 58.7 Å². The Morgan fingerprint density at radius 1 is 0.667 bits per heavy atom. The van der Waals surface area contributed by atoms with Crippen LogP contribution < -0.4 is 21.3 Å². The molecule has 0 atom stereocenters. The summed E-state index contributed by atoms with van der Waals surface area (Å²) in [5, 5.41) is 11.6. The fourth-order valence-corrected chi connectivity index (χ4v) is 5.19. The Bertz CT molecular complexity index is 2410. The monoisotopic (exact) mass is 760 g/mol. The molecule has 2 aromatic carbocycles. The van der Waals surface area contributed by atoms with E-state index in [1.54, 1.807) is 24.7 Å². The Hall–Kier alpha value is -6.72. The SMILES string of the molecule is C#Cc1cnc2[nH]cc(NC(=O)Nc3ccc(C(F)(F)F)cc3)c2c1.C[Si](C)(C)C#Cc1cnc2[nH]cc(NC(=O)Nc3ccc(C(F)(F)F)cc3)c2c1. The molecule has 54 heavy (non-hydrogen) atoms. The molecule has 6 aromatic rings. The van der Waals surface area contributed by atoms with Crippen molar-refractivity contribution in [2.24, 2.45) is 0 Å². The van der Waals surface area contributed by atoms with Gasteiger partial charge in [0.05, 0.1) is 22.5 Å². The maximum atomic E-state index is 12.6. The summed E-state index contributed by atoms with van der Waals surface area (Å²) in [7, 11) is -1.54. The molecule has 6 N–H and O–H groups in total. The number of benzene rings is 2. The van der Waals surface area contributed by atoms with Crippen LogP contribution in [-0.2, 0) is 12.4 Å². The summed E-state index contributed by atoms with van der Waals surface area (Å²) in [6, 6.07) is 10.7. The average Bonchev–Trinajstić information content (AvgIpc) is 3.69. The molecule has 10 nitrogen and oxygen atoms in total. The number of alkyl halides is 6. The smallest absolute Gasteiger partial charge is 0.344 e. The number of terminal acetylenes is 1. The molecule has 0 bridgehead atoms. The van der Waals surface area contributed by atoms with E-state index in [9.17, 15) is 35.9 Å². The van der Waals surface area contributed by atoms with Crippen molar-refractivity contribution in [3.63, 3.8) is 0 Å². The molecule has 0 fully saturated rings. The van der Waals surface area contributed by atoms with Gasteiger partial charge < -0.3 is 31.2 Å². The Kier molecular flexibility index (Phi) is 11.0. The number of aromatic amines is 2. The van der Waals surface area contributed by atoms with Crippen LogP contribution in [0, 0.1) is 23.8 Å². The van der Waals surface area contributed by atoms with Gasteiger partial charge in [-0.3, -0.25) is 0 Å². The Morgan fingerprint density at radius 3 is 1.46 bits per heavy atom. The highest BCUT2D eigenvalue weighted by molar-refractivity contribution is 6.83. The fourth-order valence-electron chi connectivity index (χ4n) is 4.67. The molecule has 17 heteroatoms. The third-order valence-corrected chi connectivity index (χ3v) is 8.12. The Labute approximate surface area is 305 Å². The normalized spacial score (nSPS) is 11.4. The van der Waals surface area contributed by atoms with Gasteiger partial charge in [-0.15, -0.1) is 12.0 Å². The van der Waals surface area contributed by atoms with Crippen LogP contribution in [-0.4, -0.2) is 40.1 Å². The van der Waals surface area contributed by atoms with Crippen molar-refractivity contribution in [3.8, 4) is 23.8 Å². The number of pyridine rings is 2. The van der Waals surface area contributed by atoms with E-state index in [-0.39, 0.29) is 11.4 Å². The summed E-state index contributed by atoms with van der Waals surface area (Å²) in [5.74, 6) is 5.57. The third kappa shape index (κ3) is 10.2. The zero-order chi connectivity index (χ0) is 39.3. The highest BCUT2D eigenvalue weighted by Gasteiger charge is 2.31. The number of rotatable bonds is 4. The first-order valence-corrected chi connectivity index (χ1v) is 19.3. The lowest BCUT2D eigenvalue weighted by Crippen LogP contribution is -2.19. The van der Waals surface area contributed by atoms with Gasteiger partial charge in [-0.05, 0) is 60.7 Å². The number of halogens is 6. The molecule has 0 aliphatic carbocycles. The number of carbonyl (C=O) groups is 2. The lowest BCUT2D eigenvalue weighted by Gasteiger charge is -2.09. The number of fused-ring (bicyclic) bond motifs is 2. The summed E-state index contributed by atoms with van der Waals surface area (Å²) in [6.07, 6.45) is 2.81. The standard InChI is InChI=1S/C20H19F3N4OSi.C17H11F3N4O/c1-29(2,3)9-8-13-10-16-17(12-25-18(16)24-11-13)27-19(28)26-15-6-4-14(5-7-15)20(21,22)23;1-2-10-7-13-14(9-22-15(13)21-8-10)24-16(25)23-12-5-3-11(4-6-12)17(18,19)20/h4-7,10-12H,1-3H3,(H,24,25)(H2,26,27,28);1,3-9H,(H,21,22)(H2,23,24,25). The van der Waals surface area contributed by atoms with Gasteiger partial charge in [0.25, 0.3) is 0 Å². The molecular weight excluding hydrogens is 731 g/mol. The van der Waals surface area contributed by atoms with E-state index in [1.165, 1.54) is 30.5 Å². The van der Waals surface area contributed by atoms with Gasteiger partial charge in [0.1, 0.15) is 19.4 Å². The minimum Gasteiger partial charge on any atom is -0.344 e. The number of nitrogens with one attached hydrogen (secondary N) is 6. The highest BCUT2D eigenvalue weighted by atomic mass is 28.3. The number of H-pyrrole nitrogens is 2. The number of hydrogen-bond donors (Lipinski definition) is 6.